The molecule has 2 heterocycles. The molecule has 4 nitrogen and oxygen atoms in total. The van der Waals surface area contributed by atoms with Gasteiger partial charge in [-0.15, -0.1) is 0 Å². The normalized spacial score (nSPS) is 11.2. The van der Waals surface area contributed by atoms with Gasteiger partial charge in [0.15, 0.2) is 0 Å². The molecule has 0 bridgehead atoms. The largest absolute Gasteiger partial charge is 0.392 e. The van der Waals surface area contributed by atoms with E-state index in [1.807, 2.05) is 18.2 Å². The average molecular weight is 332 g/mol. The van der Waals surface area contributed by atoms with Gasteiger partial charge in [-0.2, -0.15) is 0 Å². The molecule has 0 aliphatic heterocycles. The Morgan fingerprint density at radius 3 is 2.85 bits per heavy atom. The van der Waals surface area contributed by atoms with Crippen LogP contribution in [0.4, 0.5) is 0 Å². The summed E-state index contributed by atoms with van der Waals surface area (Å²) in [5.74, 6) is 0.878. The Hall–Kier alpha value is -1.72. The van der Waals surface area contributed by atoms with Crippen LogP contribution in [0.15, 0.2) is 41.1 Å². The first-order valence-corrected chi connectivity index (χ1v) is 7.23. The Balaban J connectivity index is 2.24. The predicted octanol–water partition coefficient (Wildman–Crippen LogP) is 3.37. The number of fused-ring (bicyclic) bond motifs is 1. The summed E-state index contributed by atoms with van der Waals surface area (Å²) in [6.07, 6.45) is 3.45. The molecule has 0 aliphatic rings. The summed E-state index contributed by atoms with van der Waals surface area (Å²) in [5.41, 5.74) is 3.76. The number of halogens is 1. The third-order valence-electron chi connectivity index (χ3n) is 3.26. The summed E-state index contributed by atoms with van der Waals surface area (Å²) >= 11 is 3.50. The van der Waals surface area contributed by atoms with Crippen molar-refractivity contribution in [2.24, 2.45) is 0 Å². The molecule has 0 aliphatic carbocycles. The number of benzene rings is 1. The van der Waals surface area contributed by atoms with Crippen molar-refractivity contribution < 1.29 is 5.11 Å². The van der Waals surface area contributed by atoms with Crippen LogP contribution in [0.1, 0.15) is 12.5 Å². The van der Waals surface area contributed by atoms with Crippen molar-refractivity contribution in [2.45, 2.75) is 20.1 Å². The summed E-state index contributed by atoms with van der Waals surface area (Å²) in [7, 11) is 0. The molecule has 0 fully saturated rings. The van der Waals surface area contributed by atoms with E-state index in [2.05, 4.69) is 38.5 Å². The molecule has 0 unspecified atom stereocenters. The Morgan fingerprint density at radius 1 is 1.25 bits per heavy atom. The first-order valence-electron chi connectivity index (χ1n) is 6.44. The van der Waals surface area contributed by atoms with Crippen LogP contribution in [-0.4, -0.2) is 19.6 Å². The monoisotopic (exact) mass is 331 g/mol. The van der Waals surface area contributed by atoms with Crippen LogP contribution in [0, 0.1) is 0 Å². The van der Waals surface area contributed by atoms with Gasteiger partial charge in [-0.3, -0.25) is 4.98 Å². The summed E-state index contributed by atoms with van der Waals surface area (Å²) in [6, 6.07) is 7.98. The summed E-state index contributed by atoms with van der Waals surface area (Å²) < 4.78 is 3.19. The van der Waals surface area contributed by atoms with Crippen molar-refractivity contribution in [3.8, 4) is 11.4 Å². The smallest absolute Gasteiger partial charge is 0.142 e. The van der Waals surface area contributed by atoms with E-state index in [9.17, 15) is 5.11 Å². The molecule has 1 aromatic carbocycles. The van der Waals surface area contributed by atoms with Crippen LogP contribution in [0.25, 0.3) is 22.4 Å². The summed E-state index contributed by atoms with van der Waals surface area (Å²) in [4.78, 5) is 8.86. The molecule has 1 N–H and O–H groups in total. The minimum absolute atomic E-state index is 0.0151. The maximum absolute atomic E-state index is 9.24. The van der Waals surface area contributed by atoms with Gasteiger partial charge < -0.3 is 9.67 Å². The summed E-state index contributed by atoms with van der Waals surface area (Å²) in [5, 5.41) is 9.24. The lowest BCUT2D eigenvalue weighted by Gasteiger charge is -2.06. The minimum atomic E-state index is -0.0151. The molecular weight excluding hydrogens is 318 g/mol. The van der Waals surface area contributed by atoms with Gasteiger partial charge in [-0.05, 0) is 36.8 Å². The molecule has 0 amide bonds. The average Bonchev–Trinajstić information content (AvgIpc) is 2.85. The number of aromatic nitrogens is 3. The zero-order valence-corrected chi connectivity index (χ0v) is 12.6. The number of pyridine rings is 1. The van der Waals surface area contributed by atoms with E-state index in [0.29, 0.717) is 0 Å². The number of rotatable bonds is 3. The van der Waals surface area contributed by atoms with Crippen molar-refractivity contribution in [3.63, 3.8) is 0 Å². The van der Waals surface area contributed by atoms with Gasteiger partial charge in [0, 0.05) is 29.0 Å². The highest BCUT2D eigenvalue weighted by molar-refractivity contribution is 9.10. The predicted molar refractivity (Wildman–Crippen MR) is 82.3 cm³/mol. The highest BCUT2D eigenvalue weighted by Crippen LogP contribution is 2.27. The molecule has 3 rings (SSSR count). The second kappa shape index (κ2) is 5.34. The Kier molecular flexibility index (Phi) is 3.54. The lowest BCUT2D eigenvalue weighted by molar-refractivity contribution is 0.281. The lowest BCUT2D eigenvalue weighted by atomic mass is 10.2. The van der Waals surface area contributed by atoms with Gasteiger partial charge in [-0.1, -0.05) is 15.9 Å². The fourth-order valence-corrected chi connectivity index (χ4v) is 2.68. The number of hydrogen-bond acceptors (Lipinski definition) is 3. The molecule has 0 radical (unpaired) electrons. The number of imidazole rings is 1. The molecule has 5 heteroatoms. The number of hydrogen-bond donors (Lipinski definition) is 1. The van der Waals surface area contributed by atoms with Crippen molar-refractivity contribution in [1.29, 1.82) is 0 Å². The van der Waals surface area contributed by atoms with Gasteiger partial charge in [0.25, 0.3) is 0 Å². The third kappa shape index (κ3) is 2.23. The maximum atomic E-state index is 9.24. The summed E-state index contributed by atoms with van der Waals surface area (Å²) in [6.45, 7) is 2.90. The van der Waals surface area contributed by atoms with Crippen molar-refractivity contribution >= 4 is 27.0 Å². The molecule has 20 heavy (non-hydrogen) atoms. The number of aliphatic hydroxyl groups is 1. The molecule has 0 saturated carbocycles. The SMILES string of the molecule is CCn1c(-c2cncc(CO)c2)nc2ccc(Br)cc21. The van der Waals surface area contributed by atoms with Gasteiger partial charge in [0.05, 0.1) is 17.6 Å². The first-order chi connectivity index (χ1) is 9.72. The highest BCUT2D eigenvalue weighted by Gasteiger charge is 2.12. The Morgan fingerprint density at radius 2 is 2.10 bits per heavy atom. The van der Waals surface area contributed by atoms with Crippen LogP contribution in [-0.2, 0) is 13.2 Å². The van der Waals surface area contributed by atoms with Crippen molar-refractivity contribution in [2.75, 3.05) is 0 Å². The maximum Gasteiger partial charge on any atom is 0.142 e. The van der Waals surface area contributed by atoms with Crippen molar-refractivity contribution in [3.05, 3.63) is 46.7 Å². The van der Waals surface area contributed by atoms with E-state index >= 15 is 0 Å². The fourth-order valence-electron chi connectivity index (χ4n) is 2.33. The van der Waals surface area contributed by atoms with Gasteiger partial charge in [-0.25, -0.2) is 4.98 Å². The van der Waals surface area contributed by atoms with Crippen LogP contribution < -0.4 is 0 Å². The topological polar surface area (TPSA) is 50.9 Å². The number of aliphatic hydroxyl groups excluding tert-OH is 1. The minimum Gasteiger partial charge on any atom is -0.392 e. The third-order valence-corrected chi connectivity index (χ3v) is 3.76. The Labute approximate surface area is 125 Å². The number of aryl methyl sites for hydroxylation is 1. The van der Waals surface area contributed by atoms with Crippen molar-refractivity contribution in [1.82, 2.24) is 14.5 Å². The lowest BCUT2D eigenvalue weighted by Crippen LogP contribution is -1.98. The molecule has 0 spiro atoms. The molecule has 102 valence electrons. The van der Waals surface area contributed by atoms with E-state index < -0.39 is 0 Å². The quantitative estimate of drug-likeness (QED) is 0.800. The van der Waals surface area contributed by atoms with E-state index in [1.54, 1.807) is 12.4 Å². The van der Waals surface area contributed by atoms with E-state index in [1.165, 1.54) is 0 Å². The molecule has 2 aromatic heterocycles. The molecular formula is C15H14BrN3O. The Bertz CT molecular complexity index is 767. The van der Waals surface area contributed by atoms with E-state index in [4.69, 9.17) is 4.98 Å². The standard InChI is InChI=1S/C15H14BrN3O/c1-2-19-14-6-12(16)3-4-13(14)18-15(19)11-5-10(9-20)7-17-8-11/h3-8,20H,2,9H2,1H3. The molecule has 0 atom stereocenters. The molecule has 0 saturated heterocycles. The van der Waals surface area contributed by atoms with E-state index in [-0.39, 0.29) is 6.61 Å². The van der Waals surface area contributed by atoms with Crippen LogP contribution >= 0.6 is 15.9 Å². The van der Waals surface area contributed by atoms with Gasteiger partial charge in [0.1, 0.15) is 5.82 Å². The highest BCUT2D eigenvalue weighted by atomic mass is 79.9. The fraction of sp³-hybridized carbons (Fsp3) is 0.200. The zero-order valence-electron chi connectivity index (χ0n) is 11.0. The second-order valence-corrected chi connectivity index (χ2v) is 5.47. The van der Waals surface area contributed by atoms with Gasteiger partial charge in [0.2, 0.25) is 0 Å². The zero-order chi connectivity index (χ0) is 14.1. The van der Waals surface area contributed by atoms with E-state index in [0.717, 1.165) is 39.0 Å². The van der Waals surface area contributed by atoms with Crippen LogP contribution in [0.5, 0.6) is 0 Å². The van der Waals surface area contributed by atoms with Crippen LogP contribution in [0.2, 0.25) is 0 Å². The van der Waals surface area contributed by atoms with Crippen LogP contribution in [0.3, 0.4) is 0 Å². The second-order valence-electron chi connectivity index (χ2n) is 4.55. The number of nitrogens with zero attached hydrogens (tertiary/aromatic N) is 3. The first kappa shape index (κ1) is 13.3. The molecule has 3 aromatic rings. The van der Waals surface area contributed by atoms with Gasteiger partial charge >= 0.3 is 0 Å².